The van der Waals surface area contributed by atoms with Gasteiger partial charge in [-0.3, -0.25) is 4.79 Å². The van der Waals surface area contributed by atoms with Crippen molar-refractivity contribution in [1.82, 2.24) is 10.1 Å². The number of amides is 1. The minimum absolute atomic E-state index is 0. The Balaban J connectivity index is 0.00000272. The second kappa shape index (κ2) is 10.7. The summed E-state index contributed by atoms with van der Waals surface area (Å²) in [5, 5.41) is 5.01. The summed E-state index contributed by atoms with van der Waals surface area (Å²) in [5.41, 5.74) is 2.40. The lowest BCUT2D eigenvalue weighted by Crippen LogP contribution is -2.47. The molecule has 0 radical (unpaired) electrons. The fourth-order valence-electron chi connectivity index (χ4n) is 4.33. The van der Waals surface area contributed by atoms with E-state index < -0.39 is 0 Å². The molecule has 2 heterocycles. The number of aryl methyl sites for hydroxylation is 1. The molecule has 0 unspecified atom stereocenters. The van der Waals surface area contributed by atoms with Crippen molar-refractivity contribution in [2.75, 3.05) is 24.5 Å². The highest BCUT2D eigenvalue weighted by Crippen LogP contribution is 2.25. The maximum atomic E-state index is 13.3. The number of aromatic nitrogens is 1. The first kappa shape index (κ1) is 23.2. The van der Waals surface area contributed by atoms with Gasteiger partial charge in [-0.1, -0.05) is 30.3 Å². The number of para-hydroxylation sites is 1. The smallest absolute Gasteiger partial charge is 0.226 e. The molecule has 5 nitrogen and oxygen atoms in total. The summed E-state index contributed by atoms with van der Waals surface area (Å²) in [5.74, 6) is -0.117. The molecule has 1 saturated heterocycles. The summed E-state index contributed by atoms with van der Waals surface area (Å²) < 4.78 is 18.5. The van der Waals surface area contributed by atoms with Crippen LogP contribution in [0.15, 0.2) is 53.1 Å². The molecule has 31 heavy (non-hydrogen) atoms. The Hall–Kier alpha value is -2.44. The highest BCUT2D eigenvalue weighted by molar-refractivity contribution is 5.93. The van der Waals surface area contributed by atoms with Crippen molar-refractivity contribution in [3.8, 4) is 0 Å². The Morgan fingerprint density at radius 1 is 1.19 bits per heavy atom. The van der Waals surface area contributed by atoms with Crippen molar-refractivity contribution in [1.29, 1.82) is 0 Å². The molecule has 1 aliphatic heterocycles. The first-order valence-electron chi connectivity index (χ1n) is 10.8. The van der Waals surface area contributed by atoms with E-state index in [4.69, 9.17) is 4.52 Å². The number of anilines is 1. The van der Waals surface area contributed by atoms with E-state index in [1.807, 2.05) is 42.2 Å². The molecule has 0 N–H and O–H groups in total. The molecular weight excluding hydrogens is 417 g/mol. The zero-order valence-electron chi connectivity index (χ0n) is 17.8. The number of rotatable bonds is 7. The normalized spacial score (nSPS) is 15.0. The number of fused-ring (bicyclic) bond motifs is 1. The van der Waals surface area contributed by atoms with Crippen LogP contribution in [0.1, 0.15) is 38.3 Å². The van der Waals surface area contributed by atoms with Crippen LogP contribution in [0.3, 0.4) is 0 Å². The van der Waals surface area contributed by atoms with E-state index in [9.17, 15) is 9.18 Å². The van der Waals surface area contributed by atoms with Gasteiger partial charge < -0.3 is 14.3 Å². The van der Waals surface area contributed by atoms with Gasteiger partial charge >= 0.3 is 0 Å². The van der Waals surface area contributed by atoms with Crippen molar-refractivity contribution < 1.29 is 13.7 Å². The Bertz CT molecular complexity index is 987. The van der Waals surface area contributed by atoms with Crippen LogP contribution in [0.25, 0.3) is 11.0 Å². The van der Waals surface area contributed by atoms with Crippen LogP contribution in [0, 0.1) is 5.82 Å². The predicted molar refractivity (Wildman–Crippen MR) is 123 cm³/mol. The molecule has 0 saturated carbocycles. The van der Waals surface area contributed by atoms with E-state index in [-0.39, 0.29) is 30.2 Å². The number of carbonyl (C=O) groups excluding carboxylic acids is 1. The molecule has 7 heteroatoms. The second-order valence-electron chi connectivity index (χ2n) is 7.90. The van der Waals surface area contributed by atoms with Gasteiger partial charge in [-0.05, 0) is 56.5 Å². The number of hydrogen-bond acceptors (Lipinski definition) is 4. The van der Waals surface area contributed by atoms with Crippen molar-refractivity contribution in [2.45, 2.75) is 45.1 Å². The molecule has 1 fully saturated rings. The van der Waals surface area contributed by atoms with Crippen molar-refractivity contribution in [2.24, 2.45) is 0 Å². The minimum atomic E-state index is -0.306. The van der Waals surface area contributed by atoms with Gasteiger partial charge in [-0.15, -0.1) is 12.4 Å². The molecule has 0 bridgehead atoms. The molecule has 2 aromatic carbocycles. The number of halogens is 2. The maximum absolute atomic E-state index is 13.3. The third kappa shape index (κ3) is 5.43. The SMILES string of the molecule is CCC(=O)N(c1ccccc1)C1CCN(CCCc2noc3cc(F)ccc23)CC1.Cl. The van der Waals surface area contributed by atoms with E-state index in [1.54, 1.807) is 6.07 Å². The van der Waals surface area contributed by atoms with Gasteiger partial charge in [0.25, 0.3) is 0 Å². The fourth-order valence-corrected chi connectivity index (χ4v) is 4.33. The third-order valence-electron chi connectivity index (χ3n) is 5.92. The van der Waals surface area contributed by atoms with E-state index >= 15 is 0 Å². The number of hydrogen-bond donors (Lipinski definition) is 0. The number of nitrogens with zero attached hydrogens (tertiary/aromatic N) is 3. The average Bonchev–Trinajstić information content (AvgIpc) is 3.17. The number of piperidine rings is 1. The first-order valence-corrected chi connectivity index (χ1v) is 10.8. The summed E-state index contributed by atoms with van der Waals surface area (Å²) >= 11 is 0. The molecule has 0 spiro atoms. The summed E-state index contributed by atoms with van der Waals surface area (Å²) in [6, 6.07) is 14.8. The number of benzene rings is 2. The molecule has 166 valence electrons. The molecule has 1 amide bonds. The molecular formula is C24H29ClFN3O2. The molecule has 3 aromatic rings. The maximum Gasteiger partial charge on any atom is 0.226 e. The summed E-state index contributed by atoms with van der Waals surface area (Å²) in [4.78, 5) is 17.1. The minimum Gasteiger partial charge on any atom is -0.356 e. The van der Waals surface area contributed by atoms with E-state index in [0.717, 1.165) is 62.1 Å². The lowest BCUT2D eigenvalue weighted by Gasteiger charge is -2.38. The van der Waals surface area contributed by atoms with Crippen LogP contribution in [0.4, 0.5) is 10.1 Å². The summed E-state index contributed by atoms with van der Waals surface area (Å²) in [6.45, 7) is 4.87. The van der Waals surface area contributed by atoms with Crippen LogP contribution in [-0.2, 0) is 11.2 Å². The standard InChI is InChI=1S/C24H28FN3O2.ClH/c1-2-24(29)28(19-7-4-3-5-8-19)20-12-15-27(16-13-20)14-6-9-22-21-11-10-18(25)17-23(21)30-26-22;/h3-5,7-8,10-11,17,20H,2,6,9,12-16H2,1H3;1H. The van der Waals surface area contributed by atoms with Crippen LogP contribution in [-0.4, -0.2) is 41.6 Å². The molecule has 1 aromatic heterocycles. The first-order chi connectivity index (χ1) is 14.7. The Kier molecular flexibility index (Phi) is 8.04. The molecule has 4 rings (SSSR count). The van der Waals surface area contributed by atoms with Gasteiger partial charge in [0.15, 0.2) is 5.58 Å². The van der Waals surface area contributed by atoms with Crippen LogP contribution >= 0.6 is 12.4 Å². The van der Waals surface area contributed by atoms with Crippen molar-refractivity contribution in [3.63, 3.8) is 0 Å². The monoisotopic (exact) mass is 445 g/mol. The van der Waals surface area contributed by atoms with Crippen molar-refractivity contribution >= 4 is 35.0 Å². The molecule has 0 atom stereocenters. The van der Waals surface area contributed by atoms with Crippen molar-refractivity contribution in [3.05, 3.63) is 60.0 Å². The average molecular weight is 446 g/mol. The summed E-state index contributed by atoms with van der Waals surface area (Å²) in [6.07, 6.45) is 4.26. The van der Waals surface area contributed by atoms with Gasteiger partial charge in [0.05, 0.1) is 5.69 Å². The van der Waals surface area contributed by atoms with E-state index in [1.165, 1.54) is 12.1 Å². The third-order valence-corrected chi connectivity index (χ3v) is 5.92. The Morgan fingerprint density at radius 3 is 2.65 bits per heavy atom. The predicted octanol–water partition coefficient (Wildman–Crippen LogP) is 5.23. The topological polar surface area (TPSA) is 49.6 Å². The van der Waals surface area contributed by atoms with Crippen LogP contribution < -0.4 is 4.90 Å². The van der Waals surface area contributed by atoms with Crippen LogP contribution in [0.5, 0.6) is 0 Å². The summed E-state index contributed by atoms with van der Waals surface area (Å²) in [7, 11) is 0. The zero-order chi connectivity index (χ0) is 20.9. The van der Waals surface area contributed by atoms with Gasteiger partial charge in [0, 0.05) is 42.7 Å². The van der Waals surface area contributed by atoms with Gasteiger partial charge in [0.1, 0.15) is 5.82 Å². The van der Waals surface area contributed by atoms with E-state index in [2.05, 4.69) is 10.1 Å². The lowest BCUT2D eigenvalue weighted by atomic mass is 10.0. The fraction of sp³-hybridized carbons (Fsp3) is 0.417. The van der Waals surface area contributed by atoms with Gasteiger partial charge in [-0.2, -0.15) is 0 Å². The van der Waals surface area contributed by atoms with Gasteiger partial charge in [0.2, 0.25) is 5.91 Å². The zero-order valence-corrected chi connectivity index (χ0v) is 18.6. The Labute approximate surface area is 188 Å². The molecule has 1 aliphatic rings. The second-order valence-corrected chi connectivity index (χ2v) is 7.90. The quantitative estimate of drug-likeness (QED) is 0.499. The number of likely N-dealkylation sites (tertiary alicyclic amines) is 1. The highest BCUT2D eigenvalue weighted by Gasteiger charge is 2.28. The molecule has 0 aliphatic carbocycles. The largest absolute Gasteiger partial charge is 0.356 e. The van der Waals surface area contributed by atoms with Gasteiger partial charge in [-0.25, -0.2) is 4.39 Å². The number of carbonyl (C=O) groups is 1. The lowest BCUT2D eigenvalue weighted by molar-refractivity contribution is -0.119. The Morgan fingerprint density at radius 2 is 1.94 bits per heavy atom. The highest BCUT2D eigenvalue weighted by atomic mass is 35.5. The van der Waals surface area contributed by atoms with Crippen LogP contribution in [0.2, 0.25) is 0 Å². The van der Waals surface area contributed by atoms with E-state index in [0.29, 0.717) is 12.0 Å².